The van der Waals surface area contributed by atoms with E-state index in [2.05, 4.69) is 5.32 Å². The number of anilines is 2. The van der Waals surface area contributed by atoms with E-state index in [1.54, 1.807) is 29.2 Å². The lowest BCUT2D eigenvalue weighted by Gasteiger charge is -2.17. The number of carboxylic acid groups (broad SMARTS) is 1. The Morgan fingerprint density at radius 2 is 1.81 bits per heavy atom. The van der Waals surface area contributed by atoms with E-state index in [-0.39, 0.29) is 18.2 Å². The zero-order valence-electron chi connectivity index (χ0n) is 14.8. The fourth-order valence-electron chi connectivity index (χ4n) is 2.88. The first-order chi connectivity index (χ1) is 12.9. The number of hydrogen-bond acceptors (Lipinski definition) is 4. The minimum Gasteiger partial charge on any atom is -0.482 e. The SMILES string of the molecule is Cc1ccc(N2CC(C(=O)Nc3ccc(OCC(=O)O)cc3)CC2=O)cc1. The highest BCUT2D eigenvalue weighted by Gasteiger charge is 2.35. The molecule has 1 saturated heterocycles. The number of hydrogen-bond donors (Lipinski definition) is 2. The van der Waals surface area contributed by atoms with Crippen molar-refractivity contribution in [3.05, 3.63) is 54.1 Å². The summed E-state index contributed by atoms with van der Waals surface area (Å²) in [6, 6.07) is 14.0. The zero-order chi connectivity index (χ0) is 19.4. The molecule has 0 radical (unpaired) electrons. The number of aliphatic carboxylic acids is 1. The quantitative estimate of drug-likeness (QED) is 0.816. The summed E-state index contributed by atoms with van der Waals surface area (Å²) in [5, 5.41) is 11.4. The molecule has 0 saturated carbocycles. The Labute approximate surface area is 156 Å². The average Bonchev–Trinajstić information content (AvgIpc) is 3.03. The number of benzene rings is 2. The smallest absolute Gasteiger partial charge is 0.341 e. The zero-order valence-corrected chi connectivity index (χ0v) is 14.8. The molecule has 0 spiro atoms. The maximum absolute atomic E-state index is 12.5. The molecule has 2 amide bonds. The largest absolute Gasteiger partial charge is 0.482 e. The molecule has 2 N–H and O–H groups in total. The maximum Gasteiger partial charge on any atom is 0.341 e. The number of rotatable bonds is 6. The van der Waals surface area contributed by atoms with Gasteiger partial charge in [-0.25, -0.2) is 4.79 Å². The Hall–Kier alpha value is -3.35. The summed E-state index contributed by atoms with van der Waals surface area (Å²) in [6.07, 6.45) is 0.166. The number of carbonyl (C=O) groups excluding carboxylic acids is 2. The van der Waals surface area contributed by atoms with E-state index in [0.29, 0.717) is 18.0 Å². The fraction of sp³-hybridized carbons (Fsp3) is 0.250. The summed E-state index contributed by atoms with van der Waals surface area (Å²) >= 11 is 0. The Balaban J connectivity index is 1.59. The molecule has 140 valence electrons. The average molecular weight is 368 g/mol. The predicted octanol–water partition coefficient (Wildman–Crippen LogP) is 2.45. The first-order valence-corrected chi connectivity index (χ1v) is 8.55. The van der Waals surface area contributed by atoms with Crippen LogP contribution in [0.4, 0.5) is 11.4 Å². The van der Waals surface area contributed by atoms with Gasteiger partial charge in [0.25, 0.3) is 0 Å². The molecule has 1 atom stereocenters. The van der Waals surface area contributed by atoms with E-state index in [0.717, 1.165) is 11.3 Å². The number of ether oxygens (including phenoxy) is 1. The van der Waals surface area contributed by atoms with E-state index in [4.69, 9.17) is 9.84 Å². The number of aryl methyl sites for hydroxylation is 1. The second-order valence-electron chi connectivity index (χ2n) is 6.44. The maximum atomic E-state index is 12.5. The predicted molar refractivity (Wildman–Crippen MR) is 99.8 cm³/mol. The van der Waals surface area contributed by atoms with Gasteiger partial charge in [0.1, 0.15) is 5.75 Å². The summed E-state index contributed by atoms with van der Waals surface area (Å²) in [7, 11) is 0. The van der Waals surface area contributed by atoms with Crippen molar-refractivity contribution in [2.24, 2.45) is 5.92 Å². The number of amides is 2. The van der Waals surface area contributed by atoms with Crippen LogP contribution in [0.1, 0.15) is 12.0 Å². The Morgan fingerprint density at radius 1 is 1.15 bits per heavy atom. The first kappa shape index (κ1) is 18.4. The third-order valence-corrected chi connectivity index (χ3v) is 4.33. The van der Waals surface area contributed by atoms with Crippen LogP contribution in [0.2, 0.25) is 0 Å². The van der Waals surface area contributed by atoms with Crippen molar-refractivity contribution in [2.45, 2.75) is 13.3 Å². The summed E-state index contributed by atoms with van der Waals surface area (Å²) < 4.78 is 5.05. The molecule has 7 heteroatoms. The molecule has 1 heterocycles. The lowest BCUT2D eigenvalue weighted by Crippen LogP contribution is -2.28. The summed E-state index contributed by atoms with van der Waals surface area (Å²) in [4.78, 5) is 36.9. The molecule has 2 aromatic rings. The van der Waals surface area contributed by atoms with Gasteiger partial charge in [-0.2, -0.15) is 0 Å². The molecule has 1 aliphatic rings. The number of carboxylic acids is 1. The molecule has 27 heavy (non-hydrogen) atoms. The molecule has 2 aromatic carbocycles. The molecule has 1 aliphatic heterocycles. The van der Waals surface area contributed by atoms with Gasteiger partial charge in [-0.1, -0.05) is 17.7 Å². The van der Waals surface area contributed by atoms with Gasteiger partial charge in [0.05, 0.1) is 5.92 Å². The van der Waals surface area contributed by atoms with E-state index >= 15 is 0 Å². The van der Waals surface area contributed by atoms with Crippen molar-refractivity contribution < 1.29 is 24.2 Å². The molecule has 7 nitrogen and oxygen atoms in total. The lowest BCUT2D eigenvalue weighted by molar-refractivity contribution is -0.139. The minimum absolute atomic E-state index is 0.0728. The fourth-order valence-corrected chi connectivity index (χ4v) is 2.88. The van der Waals surface area contributed by atoms with Gasteiger partial charge in [0, 0.05) is 24.3 Å². The monoisotopic (exact) mass is 368 g/mol. The third-order valence-electron chi connectivity index (χ3n) is 4.33. The van der Waals surface area contributed by atoms with Gasteiger partial charge in [-0.05, 0) is 43.3 Å². The second-order valence-corrected chi connectivity index (χ2v) is 6.44. The van der Waals surface area contributed by atoms with Crippen molar-refractivity contribution in [1.82, 2.24) is 0 Å². The van der Waals surface area contributed by atoms with Gasteiger partial charge < -0.3 is 20.1 Å². The highest BCUT2D eigenvalue weighted by atomic mass is 16.5. The molecule has 0 aliphatic carbocycles. The van der Waals surface area contributed by atoms with Crippen LogP contribution in [0.15, 0.2) is 48.5 Å². The first-order valence-electron chi connectivity index (χ1n) is 8.55. The number of carbonyl (C=O) groups is 3. The lowest BCUT2D eigenvalue weighted by atomic mass is 10.1. The second kappa shape index (κ2) is 7.90. The van der Waals surface area contributed by atoms with Crippen molar-refractivity contribution in [1.29, 1.82) is 0 Å². The highest BCUT2D eigenvalue weighted by Crippen LogP contribution is 2.26. The van der Waals surface area contributed by atoms with Crippen LogP contribution in [0.25, 0.3) is 0 Å². The summed E-state index contributed by atoms with van der Waals surface area (Å²) in [5.74, 6) is -1.39. The van der Waals surface area contributed by atoms with Crippen LogP contribution in [-0.2, 0) is 14.4 Å². The van der Waals surface area contributed by atoms with Crippen LogP contribution >= 0.6 is 0 Å². The minimum atomic E-state index is -1.06. The topological polar surface area (TPSA) is 95.9 Å². The van der Waals surface area contributed by atoms with Crippen molar-refractivity contribution in [3.63, 3.8) is 0 Å². The van der Waals surface area contributed by atoms with Gasteiger partial charge in [0.2, 0.25) is 11.8 Å². The molecule has 1 unspecified atom stereocenters. The molecule has 0 bridgehead atoms. The Bertz CT molecular complexity index is 846. The van der Waals surface area contributed by atoms with Crippen LogP contribution in [0, 0.1) is 12.8 Å². The van der Waals surface area contributed by atoms with Gasteiger partial charge in [-0.3, -0.25) is 9.59 Å². The van der Waals surface area contributed by atoms with E-state index in [9.17, 15) is 14.4 Å². The molecule has 3 rings (SSSR count). The third kappa shape index (κ3) is 4.63. The van der Waals surface area contributed by atoms with Gasteiger partial charge in [0.15, 0.2) is 6.61 Å². The van der Waals surface area contributed by atoms with Crippen LogP contribution in [0.5, 0.6) is 5.75 Å². The summed E-state index contributed by atoms with van der Waals surface area (Å²) in [6.45, 7) is 1.89. The van der Waals surface area contributed by atoms with Crippen molar-refractivity contribution >= 4 is 29.2 Å². The van der Waals surface area contributed by atoms with Crippen molar-refractivity contribution in [2.75, 3.05) is 23.4 Å². The van der Waals surface area contributed by atoms with E-state index < -0.39 is 18.5 Å². The number of nitrogens with zero attached hydrogens (tertiary/aromatic N) is 1. The highest BCUT2D eigenvalue weighted by molar-refractivity contribution is 6.03. The van der Waals surface area contributed by atoms with Crippen LogP contribution in [0.3, 0.4) is 0 Å². The molecular formula is C20H20N2O5. The summed E-state index contributed by atoms with van der Waals surface area (Å²) in [5.41, 5.74) is 2.46. The standard InChI is InChI=1S/C20H20N2O5/c1-13-2-6-16(7-3-13)22-11-14(10-18(22)23)20(26)21-15-4-8-17(9-5-15)27-12-19(24)25/h2-9,14H,10-12H2,1H3,(H,21,26)(H,24,25). The molecule has 0 aromatic heterocycles. The van der Waals surface area contributed by atoms with Gasteiger partial charge in [-0.15, -0.1) is 0 Å². The Kier molecular flexibility index (Phi) is 5.40. The van der Waals surface area contributed by atoms with Gasteiger partial charge >= 0.3 is 5.97 Å². The van der Waals surface area contributed by atoms with Crippen molar-refractivity contribution in [3.8, 4) is 5.75 Å². The van der Waals surface area contributed by atoms with E-state index in [1.807, 2.05) is 31.2 Å². The normalized spacial score (nSPS) is 16.3. The van der Waals surface area contributed by atoms with Crippen LogP contribution in [-0.4, -0.2) is 36.0 Å². The Morgan fingerprint density at radius 3 is 2.44 bits per heavy atom. The molecule has 1 fully saturated rings. The number of nitrogens with one attached hydrogen (secondary N) is 1. The van der Waals surface area contributed by atoms with E-state index in [1.165, 1.54) is 0 Å². The molecular weight excluding hydrogens is 348 g/mol. The van der Waals surface area contributed by atoms with Crippen LogP contribution < -0.4 is 15.0 Å².